The number of hydrogen-bond acceptors (Lipinski definition) is 4. The van der Waals surface area contributed by atoms with Crippen LogP contribution in [0.4, 0.5) is 5.69 Å². The average Bonchev–Trinajstić information content (AvgIpc) is 2.79. The van der Waals surface area contributed by atoms with E-state index in [0.29, 0.717) is 22.5 Å². The quantitative estimate of drug-likeness (QED) is 0.864. The highest BCUT2D eigenvalue weighted by Gasteiger charge is 2.26. The topological polar surface area (TPSA) is 87.2 Å². The second-order valence-electron chi connectivity index (χ2n) is 5.02. The molecule has 2 heterocycles. The SMILES string of the molecule is Cc1cc(C)n(/N=C2/C(=O)Nc3ccccc32)c(=O)c1C#N. The molecule has 0 radical (unpaired) electrons. The molecule has 0 atom stereocenters. The van der Waals surface area contributed by atoms with E-state index < -0.39 is 5.56 Å². The summed E-state index contributed by atoms with van der Waals surface area (Å²) in [4.78, 5) is 24.4. The summed E-state index contributed by atoms with van der Waals surface area (Å²) in [5.41, 5.74) is 2.12. The summed E-state index contributed by atoms with van der Waals surface area (Å²) in [7, 11) is 0. The van der Waals surface area contributed by atoms with Crippen LogP contribution >= 0.6 is 0 Å². The van der Waals surface area contributed by atoms with Crippen molar-refractivity contribution in [2.75, 3.05) is 5.32 Å². The lowest BCUT2D eigenvalue weighted by atomic mass is 10.1. The molecule has 1 N–H and O–H groups in total. The van der Waals surface area contributed by atoms with Crippen LogP contribution in [0.5, 0.6) is 0 Å². The van der Waals surface area contributed by atoms with E-state index >= 15 is 0 Å². The lowest BCUT2D eigenvalue weighted by molar-refractivity contribution is -0.110. The molecule has 0 saturated heterocycles. The molecule has 1 aromatic carbocycles. The van der Waals surface area contributed by atoms with E-state index in [1.165, 1.54) is 0 Å². The van der Waals surface area contributed by atoms with Gasteiger partial charge in [-0.1, -0.05) is 18.2 Å². The first-order chi connectivity index (χ1) is 10.5. The Kier molecular flexibility index (Phi) is 3.11. The van der Waals surface area contributed by atoms with Gasteiger partial charge in [-0.25, -0.2) is 0 Å². The average molecular weight is 292 g/mol. The van der Waals surface area contributed by atoms with Crippen molar-refractivity contribution in [2.24, 2.45) is 5.10 Å². The zero-order chi connectivity index (χ0) is 15.9. The van der Waals surface area contributed by atoms with E-state index in [2.05, 4.69) is 10.4 Å². The maximum Gasteiger partial charge on any atom is 0.289 e. The Labute approximate surface area is 126 Å². The molecule has 0 saturated carbocycles. The van der Waals surface area contributed by atoms with Crippen LogP contribution in [-0.2, 0) is 4.79 Å². The zero-order valence-electron chi connectivity index (χ0n) is 12.0. The normalized spacial score (nSPS) is 14.6. The van der Waals surface area contributed by atoms with Gasteiger partial charge in [0.25, 0.3) is 11.5 Å². The molecule has 0 unspecified atom stereocenters. The third-order valence-corrected chi connectivity index (χ3v) is 3.52. The molecule has 1 aliphatic heterocycles. The van der Waals surface area contributed by atoms with Crippen LogP contribution in [0.3, 0.4) is 0 Å². The molecule has 0 bridgehead atoms. The van der Waals surface area contributed by atoms with Crippen molar-refractivity contribution in [2.45, 2.75) is 13.8 Å². The largest absolute Gasteiger partial charge is 0.320 e. The van der Waals surface area contributed by atoms with Gasteiger partial charge >= 0.3 is 0 Å². The van der Waals surface area contributed by atoms with Crippen molar-refractivity contribution < 1.29 is 4.79 Å². The second-order valence-corrected chi connectivity index (χ2v) is 5.02. The Morgan fingerprint density at radius 1 is 1.23 bits per heavy atom. The number of aryl methyl sites for hydroxylation is 2. The fourth-order valence-electron chi connectivity index (χ4n) is 2.44. The molecule has 1 aromatic heterocycles. The molecular formula is C16H12N4O2. The minimum Gasteiger partial charge on any atom is -0.320 e. The van der Waals surface area contributed by atoms with Gasteiger partial charge in [0.15, 0.2) is 5.71 Å². The molecule has 6 heteroatoms. The Hall–Kier alpha value is -3.20. The fraction of sp³-hybridized carbons (Fsp3) is 0.125. The van der Waals surface area contributed by atoms with E-state index in [1.54, 1.807) is 44.2 Å². The fourth-order valence-corrected chi connectivity index (χ4v) is 2.44. The molecule has 6 nitrogen and oxygen atoms in total. The van der Waals surface area contributed by atoms with Crippen molar-refractivity contribution in [3.05, 3.63) is 63.1 Å². The lowest BCUT2D eigenvalue weighted by Crippen LogP contribution is -2.26. The maximum atomic E-state index is 12.3. The van der Waals surface area contributed by atoms with Gasteiger partial charge in [0.05, 0.1) is 5.69 Å². The molecule has 1 aliphatic rings. The van der Waals surface area contributed by atoms with Gasteiger partial charge in [0.1, 0.15) is 11.6 Å². The summed E-state index contributed by atoms with van der Waals surface area (Å²) in [5, 5.41) is 16.0. The van der Waals surface area contributed by atoms with E-state index in [1.807, 2.05) is 6.07 Å². The molecule has 0 fully saturated rings. The van der Waals surface area contributed by atoms with Gasteiger partial charge in [0, 0.05) is 11.3 Å². The number of hydrogen-bond donors (Lipinski definition) is 1. The number of nitriles is 1. The summed E-state index contributed by atoms with van der Waals surface area (Å²) >= 11 is 0. The van der Waals surface area contributed by atoms with Gasteiger partial charge in [-0.05, 0) is 31.5 Å². The molecule has 0 aliphatic carbocycles. The predicted molar refractivity (Wildman–Crippen MR) is 81.9 cm³/mol. The van der Waals surface area contributed by atoms with Gasteiger partial charge in [0.2, 0.25) is 0 Å². The minimum atomic E-state index is -0.523. The number of fused-ring (bicyclic) bond motifs is 1. The van der Waals surface area contributed by atoms with E-state index in [4.69, 9.17) is 5.26 Å². The molecule has 2 aromatic rings. The second kappa shape index (κ2) is 4.97. The zero-order valence-corrected chi connectivity index (χ0v) is 12.0. The van der Waals surface area contributed by atoms with Gasteiger partial charge in [-0.2, -0.15) is 15.0 Å². The number of carbonyl (C=O) groups excluding carboxylic acids is 1. The summed E-state index contributed by atoms with van der Waals surface area (Å²) in [6.45, 7) is 3.40. The summed E-state index contributed by atoms with van der Waals surface area (Å²) in [5.74, 6) is -0.369. The molecular weight excluding hydrogens is 280 g/mol. The Morgan fingerprint density at radius 3 is 2.68 bits per heavy atom. The van der Waals surface area contributed by atoms with Crippen molar-refractivity contribution in [1.82, 2.24) is 4.68 Å². The first-order valence-corrected chi connectivity index (χ1v) is 6.66. The summed E-state index contributed by atoms with van der Waals surface area (Å²) < 4.78 is 1.10. The first kappa shape index (κ1) is 13.8. The monoisotopic (exact) mass is 292 g/mol. The van der Waals surface area contributed by atoms with Crippen LogP contribution in [0.15, 0.2) is 40.2 Å². The Morgan fingerprint density at radius 2 is 1.95 bits per heavy atom. The number of anilines is 1. The number of carbonyl (C=O) groups is 1. The van der Waals surface area contributed by atoms with Crippen LogP contribution < -0.4 is 10.9 Å². The van der Waals surface area contributed by atoms with Crippen molar-refractivity contribution >= 4 is 17.3 Å². The van der Waals surface area contributed by atoms with Crippen LogP contribution in [0.25, 0.3) is 0 Å². The molecule has 22 heavy (non-hydrogen) atoms. The molecule has 3 rings (SSSR count). The highest BCUT2D eigenvalue weighted by Crippen LogP contribution is 2.22. The van der Waals surface area contributed by atoms with E-state index in [0.717, 1.165) is 4.68 Å². The number of benzene rings is 1. The van der Waals surface area contributed by atoms with E-state index in [9.17, 15) is 9.59 Å². The van der Waals surface area contributed by atoms with Crippen LogP contribution in [0.2, 0.25) is 0 Å². The van der Waals surface area contributed by atoms with Crippen molar-refractivity contribution in [3.63, 3.8) is 0 Å². The smallest absolute Gasteiger partial charge is 0.289 e. The number of rotatable bonds is 1. The Bertz CT molecular complexity index is 932. The summed E-state index contributed by atoms with van der Waals surface area (Å²) in [6.07, 6.45) is 0. The third kappa shape index (κ3) is 2.00. The molecule has 108 valence electrons. The molecule has 1 amide bonds. The maximum absolute atomic E-state index is 12.3. The minimum absolute atomic E-state index is 0.0293. The number of pyridine rings is 1. The van der Waals surface area contributed by atoms with E-state index in [-0.39, 0.29) is 17.2 Å². The van der Waals surface area contributed by atoms with Crippen LogP contribution in [0, 0.1) is 25.2 Å². The van der Waals surface area contributed by atoms with Gasteiger partial charge in [-0.15, -0.1) is 0 Å². The predicted octanol–water partition coefficient (Wildman–Crippen LogP) is 1.54. The Balaban J connectivity index is 2.25. The number of amides is 1. The molecule has 0 spiro atoms. The number of aromatic nitrogens is 1. The van der Waals surface area contributed by atoms with Crippen molar-refractivity contribution in [3.8, 4) is 6.07 Å². The van der Waals surface area contributed by atoms with Crippen LogP contribution in [-0.4, -0.2) is 16.3 Å². The summed E-state index contributed by atoms with van der Waals surface area (Å²) in [6, 6.07) is 10.7. The van der Waals surface area contributed by atoms with Crippen LogP contribution in [0.1, 0.15) is 22.4 Å². The van der Waals surface area contributed by atoms with Gasteiger partial charge < -0.3 is 5.32 Å². The number of nitrogens with one attached hydrogen (secondary N) is 1. The highest BCUT2D eigenvalue weighted by atomic mass is 16.2. The highest BCUT2D eigenvalue weighted by molar-refractivity contribution is 6.53. The standard InChI is InChI=1S/C16H12N4O2/c1-9-7-10(2)20(16(22)12(9)8-17)19-14-11-5-3-4-6-13(11)18-15(14)21/h3-7H,1-2H3,(H,18,19,21). The first-order valence-electron chi connectivity index (χ1n) is 6.66. The third-order valence-electron chi connectivity index (χ3n) is 3.52. The number of nitrogens with zero attached hydrogens (tertiary/aromatic N) is 3. The van der Waals surface area contributed by atoms with Crippen molar-refractivity contribution in [1.29, 1.82) is 5.26 Å². The number of para-hydroxylation sites is 1. The lowest BCUT2D eigenvalue weighted by Gasteiger charge is -2.07. The van der Waals surface area contributed by atoms with Gasteiger partial charge in [-0.3, -0.25) is 9.59 Å².